The lowest BCUT2D eigenvalue weighted by atomic mass is 9.82. The number of aliphatic hydroxyl groups is 1. The van der Waals surface area contributed by atoms with Crippen LogP contribution in [0.3, 0.4) is 0 Å². The highest BCUT2D eigenvalue weighted by Gasteiger charge is 2.66. The quantitative estimate of drug-likeness (QED) is 0.435. The van der Waals surface area contributed by atoms with Gasteiger partial charge in [0.25, 0.3) is 5.91 Å². The molecule has 3 aliphatic heterocycles. The first-order valence-corrected chi connectivity index (χ1v) is 16.7. The lowest BCUT2D eigenvalue weighted by molar-refractivity contribution is -0.145. The SMILES string of the molecule is C[C@H]1[C@H]([Si](C)(C)O)[C@@H](CCO)O[C@]12C(=O)N(c1ccccc1)c1ccc(N3C(=O)CCc4ccccc43)cc12. The molecule has 4 atom stereocenters. The van der Waals surface area contributed by atoms with Gasteiger partial charge in [-0.15, -0.1) is 0 Å². The molecule has 2 amide bonds. The number of aryl methyl sites for hydroxylation is 1. The van der Waals surface area contributed by atoms with Crippen molar-refractivity contribution in [3.63, 3.8) is 0 Å². The van der Waals surface area contributed by atoms with Crippen LogP contribution in [0.5, 0.6) is 0 Å². The van der Waals surface area contributed by atoms with Gasteiger partial charge in [-0.25, -0.2) is 0 Å². The maximum absolute atomic E-state index is 14.6. The molecule has 1 spiro atoms. The van der Waals surface area contributed by atoms with Gasteiger partial charge in [0.15, 0.2) is 13.9 Å². The minimum Gasteiger partial charge on any atom is -0.432 e. The van der Waals surface area contributed by atoms with Gasteiger partial charge in [0.1, 0.15) is 0 Å². The average Bonchev–Trinajstić information content (AvgIpc) is 3.35. The molecule has 2 N–H and O–H groups in total. The minimum absolute atomic E-state index is 0.00672. The van der Waals surface area contributed by atoms with E-state index in [9.17, 15) is 19.5 Å². The van der Waals surface area contributed by atoms with Gasteiger partial charge in [-0.1, -0.05) is 43.3 Å². The molecule has 0 bridgehead atoms. The first kappa shape index (κ1) is 25.9. The monoisotopic (exact) mass is 542 g/mol. The van der Waals surface area contributed by atoms with E-state index in [1.165, 1.54) is 0 Å². The molecule has 3 heterocycles. The first-order chi connectivity index (χ1) is 18.7. The summed E-state index contributed by atoms with van der Waals surface area (Å²) in [6.45, 7) is 5.63. The number of carbonyl (C=O) groups excluding carboxylic acids is 2. The van der Waals surface area contributed by atoms with Gasteiger partial charge >= 0.3 is 0 Å². The number of hydrogen-bond acceptors (Lipinski definition) is 5. The van der Waals surface area contributed by atoms with Gasteiger partial charge in [0.05, 0.1) is 17.5 Å². The smallest absolute Gasteiger partial charge is 0.268 e. The number of rotatable bonds is 5. The molecule has 7 nitrogen and oxygen atoms in total. The second-order valence-electron chi connectivity index (χ2n) is 11.4. The van der Waals surface area contributed by atoms with Crippen LogP contribution in [0.1, 0.15) is 30.9 Å². The predicted octanol–water partition coefficient (Wildman–Crippen LogP) is 5.16. The van der Waals surface area contributed by atoms with E-state index in [0.29, 0.717) is 36.2 Å². The number of carbonyl (C=O) groups is 2. The summed E-state index contributed by atoms with van der Waals surface area (Å²) in [5.74, 6) is -0.546. The van der Waals surface area contributed by atoms with Gasteiger partial charge in [-0.05, 0) is 67.9 Å². The summed E-state index contributed by atoms with van der Waals surface area (Å²) in [5.41, 5.74) is 3.16. The van der Waals surface area contributed by atoms with Crippen molar-refractivity contribution < 1.29 is 24.2 Å². The summed E-state index contributed by atoms with van der Waals surface area (Å²) in [5, 5.41) is 9.87. The maximum Gasteiger partial charge on any atom is 0.268 e. The van der Waals surface area contributed by atoms with Gasteiger partial charge in [0, 0.05) is 41.4 Å². The topological polar surface area (TPSA) is 90.3 Å². The normalized spacial score (nSPS) is 26.3. The number of ether oxygens (including phenoxy) is 1. The lowest BCUT2D eigenvalue weighted by Crippen LogP contribution is -2.45. The largest absolute Gasteiger partial charge is 0.432 e. The summed E-state index contributed by atoms with van der Waals surface area (Å²) in [4.78, 5) is 42.6. The Hall–Kier alpha value is -3.30. The number of para-hydroxylation sites is 2. The number of fused-ring (bicyclic) bond motifs is 3. The molecule has 0 aliphatic carbocycles. The third-order valence-electron chi connectivity index (χ3n) is 8.65. The van der Waals surface area contributed by atoms with Gasteiger partial charge in [-0.2, -0.15) is 0 Å². The van der Waals surface area contributed by atoms with E-state index in [0.717, 1.165) is 16.9 Å². The van der Waals surface area contributed by atoms with Crippen LogP contribution in [0, 0.1) is 5.92 Å². The van der Waals surface area contributed by atoms with Crippen LogP contribution in [0.4, 0.5) is 22.7 Å². The van der Waals surface area contributed by atoms with E-state index in [4.69, 9.17) is 4.74 Å². The fourth-order valence-electron chi connectivity index (χ4n) is 7.07. The Bertz CT molecular complexity index is 1440. The maximum atomic E-state index is 14.6. The summed E-state index contributed by atoms with van der Waals surface area (Å²) in [6.07, 6.45) is 0.970. The summed E-state index contributed by atoms with van der Waals surface area (Å²) in [7, 11) is -2.81. The molecule has 202 valence electrons. The number of benzene rings is 3. The van der Waals surface area contributed by atoms with Crippen LogP contribution in [0.15, 0.2) is 72.8 Å². The predicted molar refractivity (Wildman–Crippen MR) is 153 cm³/mol. The van der Waals surface area contributed by atoms with Crippen molar-refractivity contribution >= 4 is 42.9 Å². The highest BCUT2D eigenvalue weighted by molar-refractivity contribution is 6.71. The lowest BCUT2D eigenvalue weighted by Gasteiger charge is -2.33. The Morgan fingerprint density at radius 1 is 0.923 bits per heavy atom. The minimum atomic E-state index is -2.81. The summed E-state index contributed by atoms with van der Waals surface area (Å²) >= 11 is 0. The number of hydrogen-bond donors (Lipinski definition) is 2. The van der Waals surface area contributed by atoms with E-state index in [1.54, 1.807) is 9.80 Å². The fraction of sp³-hybridized carbons (Fsp3) is 0.355. The van der Waals surface area contributed by atoms with Gasteiger partial charge < -0.3 is 14.6 Å². The zero-order valence-corrected chi connectivity index (χ0v) is 23.5. The van der Waals surface area contributed by atoms with E-state index in [-0.39, 0.29) is 29.9 Å². The zero-order valence-electron chi connectivity index (χ0n) is 22.5. The molecule has 8 heteroatoms. The summed E-state index contributed by atoms with van der Waals surface area (Å²) < 4.78 is 6.75. The molecule has 0 saturated carbocycles. The van der Waals surface area contributed by atoms with Gasteiger partial charge in [0.2, 0.25) is 5.91 Å². The van der Waals surface area contributed by atoms with Gasteiger partial charge in [-0.3, -0.25) is 19.4 Å². The molecular formula is C31H34N2O5Si. The zero-order chi connectivity index (χ0) is 27.5. The number of amides is 2. The second-order valence-corrected chi connectivity index (χ2v) is 15.4. The van der Waals surface area contributed by atoms with Crippen LogP contribution >= 0.6 is 0 Å². The molecule has 1 fully saturated rings. The molecule has 3 aromatic rings. The van der Waals surface area contributed by atoms with Crippen molar-refractivity contribution in [3.05, 3.63) is 83.9 Å². The van der Waals surface area contributed by atoms with Crippen LogP contribution in [-0.4, -0.2) is 42.7 Å². The van der Waals surface area contributed by atoms with Crippen molar-refractivity contribution in [2.75, 3.05) is 16.4 Å². The molecule has 3 aromatic carbocycles. The van der Waals surface area contributed by atoms with Crippen molar-refractivity contribution in [1.29, 1.82) is 0 Å². The summed E-state index contributed by atoms with van der Waals surface area (Å²) in [6, 6.07) is 23.1. The van der Waals surface area contributed by atoms with E-state index in [1.807, 2.05) is 92.8 Å². The van der Waals surface area contributed by atoms with Crippen molar-refractivity contribution in [3.8, 4) is 0 Å². The van der Waals surface area contributed by atoms with Crippen LogP contribution in [-0.2, 0) is 26.3 Å². The first-order valence-electron chi connectivity index (χ1n) is 13.6. The highest BCUT2D eigenvalue weighted by atomic mass is 28.4. The Morgan fingerprint density at radius 3 is 2.36 bits per heavy atom. The average molecular weight is 543 g/mol. The number of anilines is 4. The third-order valence-corrected chi connectivity index (χ3v) is 11.2. The van der Waals surface area contributed by atoms with Crippen molar-refractivity contribution in [2.45, 2.75) is 56.5 Å². The van der Waals surface area contributed by atoms with Crippen molar-refractivity contribution in [2.24, 2.45) is 5.92 Å². The molecule has 0 unspecified atom stereocenters. The second kappa shape index (κ2) is 9.41. The van der Waals surface area contributed by atoms with E-state index < -0.39 is 20.0 Å². The molecule has 1 saturated heterocycles. The van der Waals surface area contributed by atoms with Crippen LogP contribution in [0.25, 0.3) is 0 Å². The number of nitrogens with zero attached hydrogens (tertiary/aromatic N) is 2. The molecular weight excluding hydrogens is 508 g/mol. The molecule has 6 rings (SSSR count). The Balaban J connectivity index is 1.56. The number of aliphatic hydroxyl groups excluding tert-OH is 1. The van der Waals surface area contributed by atoms with Crippen molar-refractivity contribution in [1.82, 2.24) is 0 Å². The van der Waals surface area contributed by atoms with Crippen LogP contribution in [0.2, 0.25) is 18.6 Å². The molecule has 0 radical (unpaired) electrons. The fourth-order valence-corrected chi connectivity index (χ4v) is 9.67. The Kier molecular flexibility index (Phi) is 6.26. The Labute approximate surface area is 229 Å². The standard InChI is InChI=1S/C31H34N2O5Si/c1-20-29(39(2,3)37)27(17-18-34)38-31(20)24-19-23(32-25-12-8-7-9-21(25)13-16-28(32)35)14-15-26(24)33(30(31)36)22-10-5-4-6-11-22/h4-12,14-15,19-20,27,29,34,37H,13,16-18H2,1-3H3/t20-,27+,29-,31+/m0/s1. The van der Waals surface area contributed by atoms with Crippen LogP contribution < -0.4 is 9.80 Å². The van der Waals surface area contributed by atoms with E-state index >= 15 is 0 Å². The third kappa shape index (κ3) is 3.89. The molecule has 39 heavy (non-hydrogen) atoms. The molecule has 3 aliphatic rings. The Morgan fingerprint density at radius 2 is 1.64 bits per heavy atom. The van der Waals surface area contributed by atoms with E-state index in [2.05, 4.69) is 0 Å². The highest BCUT2D eigenvalue weighted by Crippen LogP contribution is 2.61. The molecule has 0 aromatic heterocycles.